The van der Waals surface area contributed by atoms with Gasteiger partial charge in [-0.3, -0.25) is 19.2 Å². The molecule has 0 saturated carbocycles. The molecule has 5 nitrogen and oxygen atoms in total. The predicted octanol–water partition coefficient (Wildman–Crippen LogP) is 2.21. The monoisotopic (exact) mass is 293 g/mol. The van der Waals surface area contributed by atoms with Crippen LogP contribution in [0.25, 0.3) is 0 Å². The molecular weight excluding hydrogens is 270 g/mol. The summed E-state index contributed by atoms with van der Waals surface area (Å²) in [6.45, 7) is 9.36. The number of ketones is 3. The largest absolute Gasteiger partial charge is 0.300 e. The van der Waals surface area contributed by atoms with Crippen molar-refractivity contribution in [3.05, 3.63) is 23.9 Å². The van der Waals surface area contributed by atoms with E-state index in [1.54, 1.807) is 13.0 Å². The van der Waals surface area contributed by atoms with Crippen molar-refractivity contribution in [1.29, 1.82) is 0 Å². The van der Waals surface area contributed by atoms with E-state index in [9.17, 15) is 19.2 Å². The summed E-state index contributed by atoms with van der Waals surface area (Å²) < 4.78 is 0. The van der Waals surface area contributed by atoms with Crippen LogP contribution in [0, 0.1) is 0 Å². The van der Waals surface area contributed by atoms with Gasteiger partial charge in [0.05, 0.1) is 6.42 Å². The van der Waals surface area contributed by atoms with Gasteiger partial charge in [0.25, 0.3) is 0 Å². The first-order valence-electron chi connectivity index (χ1n) is 6.69. The van der Waals surface area contributed by atoms with Crippen molar-refractivity contribution in [1.82, 2.24) is 4.90 Å². The minimum Gasteiger partial charge on any atom is -0.300 e. The Bertz CT molecular complexity index is 504. The maximum absolute atomic E-state index is 11.5. The summed E-state index contributed by atoms with van der Waals surface area (Å²) in [5.74, 6) is -0.266. The Hall–Kier alpha value is -2.04. The van der Waals surface area contributed by atoms with Crippen LogP contribution >= 0.6 is 0 Å². The van der Waals surface area contributed by atoms with Gasteiger partial charge in [0.15, 0.2) is 5.78 Å². The number of nitrogens with zero attached hydrogens (tertiary/aromatic N) is 1. The lowest BCUT2D eigenvalue weighted by molar-refractivity contribution is -0.138. The van der Waals surface area contributed by atoms with Crippen molar-refractivity contribution in [3.8, 4) is 0 Å². The van der Waals surface area contributed by atoms with E-state index in [1.165, 1.54) is 32.6 Å². The van der Waals surface area contributed by atoms with Crippen LogP contribution in [0.2, 0.25) is 0 Å². The molecule has 0 saturated heterocycles. The molecule has 21 heavy (non-hydrogen) atoms. The molecule has 0 spiro atoms. The predicted molar refractivity (Wildman–Crippen MR) is 80.5 cm³/mol. The van der Waals surface area contributed by atoms with Crippen molar-refractivity contribution in [3.63, 3.8) is 0 Å². The third-order valence-electron chi connectivity index (χ3n) is 3.10. The number of hydrogen-bond acceptors (Lipinski definition) is 4. The summed E-state index contributed by atoms with van der Waals surface area (Å²) in [4.78, 5) is 44.5. The SMILES string of the molecule is CC(=O)CC(C)=O.CC(=O)N1C(C)=CC=CC1(C)C(C)=O. The fourth-order valence-electron chi connectivity index (χ4n) is 2.09. The second kappa shape index (κ2) is 7.67. The Morgan fingerprint density at radius 3 is 1.76 bits per heavy atom. The van der Waals surface area contributed by atoms with E-state index in [4.69, 9.17) is 0 Å². The van der Waals surface area contributed by atoms with Gasteiger partial charge < -0.3 is 4.90 Å². The van der Waals surface area contributed by atoms with Crippen molar-refractivity contribution >= 4 is 23.3 Å². The van der Waals surface area contributed by atoms with Crippen molar-refractivity contribution in [2.45, 2.75) is 53.5 Å². The normalized spacial score (nSPS) is 20.1. The summed E-state index contributed by atoms with van der Waals surface area (Å²) in [5.41, 5.74) is -0.0114. The van der Waals surface area contributed by atoms with Gasteiger partial charge in [-0.1, -0.05) is 12.2 Å². The van der Waals surface area contributed by atoms with Crippen LogP contribution in [0.15, 0.2) is 23.9 Å². The molecule has 0 aliphatic carbocycles. The van der Waals surface area contributed by atoms with E-state index in [0.717, 1.165) is 5.70 Å². The van der Waals surface area contributed by atoms with Gasteiger partial charge in [-0.15, -0.1) is 0 Å². The van der Waals surface area contributed by atoms with Crippen molar-refractivity contribution in [2.75, 3.05) is 0 Å². The number of carbonyl (C=O) groups is 4. The van der Waals surface area contributed by atoms with E-state index < -0.39 is 5.54 Å². The second-order valence-electron chi connectivity index (χ2n) is 5.31. The van der Waals surface area contributed by atoms with Crippen LogP contribution in [-0.2, 0) is 19.2 Å². The Labute approximate surface area is 125 Å². The number of amides is 1. The average molecular weight is 293 g/mol. The fraction of sp³-hybridized carbons (Fsp3) is 0.500. The highest BCUT2D eigenvalue weighted by atomic mass is 16.2. The molecule has 116 valence electrons. The van der Waals surface area contributed by atoms with Gasteiger partial charge in [-0.25, -0.2) is 0 Å². The van der Waals surface area contributed by atoms with E-state index >= 15 is 0 Å². The molecule has 0 bridgehead atoms. The molecule has 5 heteroatoms. The molecule has 1 heterocycles. The summed E-state index contributed by atoms with van der Waals surface area (Å²) in [5, 5.41) is 0. The molecule has 0 aromatic carbocycles. The standard InChI is InChI=1S/C11H15NO2.C5H8O2/c1-8-6-5-7-11(4,9(2)13)12(8)10(3)14;1-4(6)3-5(2)7/h5-7H,1-4H3;3H2,1-2H3. The molecule has 0 N–H and O–H groups in total. The molecule has 1 unspecified atom stereocenters. The highest BCUT2D eigenvalue weighted by Crippen LogP contribution is 2.26. The molecule has 1 aliphatic rings. The number of rotatable bonds is 3. The number of carbonyl (C=O) groups excluding carboxylic acids is 4. The van der Waals surface area contributed by atoms with Gasteiger partial charge >= 0.3 is 0 Å². The molecular formula is C16H23NO4. The van der Waals surface area contributed by atoms with E-state index in [0.29, 0.717) is 0 Å². The zero-order chi connectivity index (χ0) is 16.8. The highest BCUT2D eigenvalue weighted by molar-refractivity contribution is 5.96. The molecule has 0 aromatic rings. The zero-order valence-electron chi connectivity index (χ0n) is 13.5. The van der Waals surface area contributed by atoms with Gasteiger partial charge in [0.1, 0.15) is 17.1 Å². The minimum atomic E-state index is -0.815. The van der Waals surface area contributed by atoms with Gasteiger partial charge in [-0.05, 0) is 40.7 Å². The molecule has 1 aliphatic heterocycles. The van der Waals surface area contributed by atoms with E-state index in [2.05, 4.69) is 0 Å². The third-order valence-corrected chi connectivity index (χ3v) is 3.10. The van der Waals surface area contributed by atoms with E-state index in [1.807, 2.05) is 19.1 Å². The fourth-order valence-corrected chi connectivity index (χ4v) is 2.09. The maximum Gasteiger partial charge on any atom is 0.224 e. The molecule has 1 amide bonds. The molecule has 0 fully saturated rings. The number of Topliss-reactive ketones (excluding diaryl/α,β-unsaturated/α-hetero) is 3. The van der Waals surface area contributed by atoms with Gasteiger partial charge in [0, 0.05) is 12.6 Å². The lowest BCUT2D eigenvalue weighted by Gasteiger charge is -2.39. The number of allylic oxidation sites excluding steroid dienone is 3. The lowest BCUT2D eigenvalue weighted by Crippen LogP contribution is -2.52. The minimum absolute atomic E-state index is 0.0311. The first-order valence-corrected chi connectivity index (χ1v) is 6.69. The Balaban J connectivity index is 0.000000486. The molecule has 1 rings (SSSR count). The van der Waals surface area contributed by atoms with Crippen LogP contribution in [0.1, 0.15) is 48.0 Å². The van der Waals surface area contributed by atoms with Crippen LogP contribution in [0.5, 0.6) is 0 Å². The van der Waals surface area contributed by atoms with Gasteiger partial charge in [-0.2, -0.15) is 0 Å². The maximum atomic E-state index is 11.5. The summed E-state index contributed by atoms with van der Waals surface area (Å²) in [6.07, 6.45) is 5.48. The van der Waals surface area contributed by atoms with Crippen LogP contribution in [-0.4, -0.2) is 33.7 Å². The lowest BCUT2D eigenvalue weighted by atomic mass is 9.91. The van der Waals surface area contributed by atoms with Crippen LogP contribution in [0.3, 0.4) is 0 Å². The highest BCUT2D eigenvalue weighted by Gasteiger charge is 2.38. The Morgan fingerprint density at radius 2 is 1.52 bits per heavy atom. The summed E-state index contributed by atoms with van der Waals surface area (Å²) in [6, 6.07) is 0. The Morgan fingerprint density at radius 1 is 1.05 bits per heavy atom. The van der Waals surface area contributed by atoms with Gasteiger partial charge in [0.2, 0.25) is 5.91 Å². The second-order valence-corrected chi connectivity index (χ2v) is 5.31. The van der Waals surface area contributed by atoms with Crippen molar-refractivity contribution < 1.29 is 19.2 Å². The van der Waals surface area contributed by atoms with Crippen LogP contribution in [0.4, 0.5) is 0 Å². The molecule has 0 radical (unpaired) electrons. The van der Waals surface area contributed by atoms with Crippen LogP contribution < -0.4 is 0 Å². The summed E-state index contributed by atoms with van der Waals surface area (Å²) >= 11 is 0. The topological polar surface area (TPSA) is 71.5 Å². The first kappa shape index (κ1) is 19.0. The smallest absolute Gasteiger partial charge is 0.224 e. The Kier molecular flexibility index (Phi) is 6.92. The zero-order valence-corrected chi connectivity index (χ0v) is 13.5. The van der Waals surface area contributed by atoms with E-state index in [-0.39, 0.29) is 29.7 Å². The molecule has 0 aromatic heterocycles. The quantitative estimate of drug-likeness (QED) is 0.748. The first-order chi connectivity index (χ1) is 9.52. The average Bonchev–Trinajstić information content (AvgIpc) is 2.26. The molecule has 1 atom stereocenters. The van der Waals surface area contributed by atoms with Crippen molar-refractivity contribution in [2.24, 2.45) is 0 Å². The summed E-state index contributed by atoms with van der Waals surface area (Å²) in [7, 11) is 0. The third kappa shape index (κ3) is 5.45. The number of hydrogen-bond donors (Lipinski definition) is 0.